The highest BCUT2D eigenvalue weighted by Gasteiger charge is 2.05. The van der Waals surface area contributed by atoms with E-state index in [0.717, 1.165) is 18.5 Å². The lowest BCUT2D eigenvalue weighted by Gasteiger charge is -2.16. The number of hydrogen-bond acceptors (Lipinski definition) is 4. The van der Waals surface area contributed by atoms with Gasteiger partial charge in [-0.15, -0.1) is 0 Å². The first-order valence-electron chi connectivity index (χ1n) is 5.03. The molecule has 84 valence electrons. The van der Waals surface area contributed by atoms with E-state index in [0.29, 0.717) is 13.1 Å². The van der Waals surface area contributed by atoms with E-state index in [9.17, 15) is 5.11 Å². The zero-order valence-electron chi connectivity index (χ0n) is 8.98. The van der Waals surface area contributed by atoms with Crippen molar-refractivity contribution in [1.29, 1.82) is 0 Å². The van der Waals surface area contributed by atoms with E-state index in [2.05, 4.69) is 4.90 Å². The molecule has 4 nitrogen and oxygen atoms in total. The Labute approximate surface area is 89.9 Å². The van der Waals surface area contributed by atoms with Gasteiger partial charge >= 0.3 is 0 Å². The molecule has 4 N–H and O–H groups in total. The molecule has 0 saturated heterocycles. The average molecular weight is 210 g/mol. The molecule has 0 bridgehead atoms. The molecule has 0 radical (unpaired) electrons. The first-order chi connectivity index (χ1) is 7.13. The Morgan fingerprint density at radius 3 is 2.67 bits per heavy atom. The van der Waals surface area contributed by atoms with E-state index in [1.54, 1.807) is 12.1 Å². The smallest absolute Gasteiger partial charge is 0.123 e. The molecule has 15 heavy (non-hydrogen) atoms. The maximum Gasteiger partial charge on any atom is 0.123 e. The van der Waals surface area contributed by atoms with E-state index in [1.165, 1.54) is 6.07 Å². The van der Waals surface area contributed by atoms with Crippen LogP contribution >= 0.6 is 0 Å². The molecular weight excluding hydrogens is 192 g/mol. The molecule has 0 aliphatic rings. The van der Waals surface area contributed by atoms with Gasteiger partial charge in [0.15, 0.2) is 0 Å². The summed E-state index contributed by atoms with van der Waals surface area (Å²) in [6.45, 7) is 2.23. The molecule has 0 aliphatic heterocycles. The van der Waals surface area contributed by atoms with Crippen LogP contribution in [-0.4, -0.2) is 35.3 Å². The molecule has 0 saturated carbocycles. The van der Waals surface area contributed by atoms with E-state index in [-0.39, 0.29) is 11.5 Å². The number of hydrogen-bond donors (Lipinski definition) is 3. The molecule has 0 unspecified atom stereocenters. The Morgan fingerprint density at radius 1 is 1.33 bits per heavy atom. The highest BCUT2D eigenvalue weighted by Crippen LogP contribution is 2.23. The van der Waals surface area contributed by atoms with E-state index in [1.807, 2.05) is 7.05 Å². The summed E-state index contributed by atoms with van der Waals surface area (Å²) in [6, 6.07) is 4.65. The number of aromatic hydroxyl groups is 2. The first-order valence-corrected chi connectivity index (χ1v) is 5.03. The predicted octanol–water partition coefficient (Wildman–Crippen LogP) is 0.878. The van der Waals surface area contributed by atoms with Gasteiger partial charge < -0.3 is 20.8 Å². The molecular formula is C11H18N2O2. The molecule has 1 aromatic rings. The summed E-state index contributed by atoms with van der Waals surface area (Å²) in [5, 5.41) is 18.7. The summed E-state index contributed by atoms with van der Waals surface area (Å²) in [5.74, 6) is 0.218. The summed E-state index contributed by atoms with van der Waals surface area (Å²) < 4.78 is 0. The Balaban J connectivity index is 2.56. The first kappa shape index (κ1) is 11.8. The highest BCUT2D eigenvalue weighted by atomic mass is 16.3. The number of phenolic OH excluding ortho intramolecular Hbond substituents is 2. The molecule has 0 atom stereocenters. The van der Waals surface area contributed by atoms with Crippen molar-refractivity contribution in [1.82, 2.24) is 4.90 Å². The van der Waals surface area contributed by atoms with Crippen LogP contribution in [0.4, 0.5) is 0 Å². The molecule has 0 aromatic heterocycles. The molecule has 0 fully saturated rings. The van der Waals surface area contributed by atoms with Crippen molar-refractivity contribution in [3.8, 4) is 11.5 Å². The van der Waals surface area contributed by atoms with Gasteiger partial charge in [0.05, 0.1) is 0 Å². The molecule has 0 heterocycles. The summed E-state index contributed by atoms with van der Waals surface area (Å²) in [7, 11) is 1.97. The predicted molar refractivity (Wildman–Crippen MR) is 59.8 cm³/mol. The molecule has 0 spiro atoms. The molecule has 1 rings (SSSR count). The fourth-order valence-electron chi connectivity index (χ4n) is 1.42. The monoisotopic (exact) mass is 210 g/mol. The van der Waals surface area contributed by atoms with E-state index >= 15 is 0 Å². The van der Waals surface area contributed by atoms with Crippen LogP contribution in [0, 0.1) is 0 Å². The van der Waals surface area contributed by atoms with Crippen molar-refractivity contribution in [2.75, 3.05) is 20.1 Å². The lowest BCUT2D eigenvalue weighted by molar-refractivity contribution is 0.317. The van der Waals surface area contributed by atoms with Crippen molar-refractivity contribution >= 4 is 0 Å². The van der Waals surface area contributed by atoms with Crippen LogP contribution in [0.2, 0.25) is 0 Å². The van der Waals surface area contributed by atoms with Gasteiger partial charge in [-0.25, -0.2) is 0 Å². The fraction of sp³-hybridized carbons (Fsp3) is 0.455. The summed E-state index contributed by atoms with van der Waals surface area (Å²) in [6.07, 6.45) is 0.940. The van der Waals surface area contributed by atoms with Gasteiger partial charge in [-0.05, 0) is 32.6 Å². The van der Waals surface area contributed by atoms with E-state index < -0.39 is 0 Å². The number of rotatable bonds is 5. The van der Waals surface area contributed by atoms with Crippen LogP contribution in [0.3, 0.4) is 0 Å². The van der Waals surface area contributed by atoms with Crippen LogP contribution < -0.4 is 5.73 Å². The lowest BCUT2D eigenvalue weighted by atomic mass is 10.2. The number of nitrogens with two attached hydrogens (primary N) is 1. The summed E-state index contributed by atoms with van der Waals surface area (Å²) in [5.41, 5.74) is 6.22. The van der Waals surface area contributed by atoms with Crippen molar-refractivity contribution in [2.45, 2.75) is 13.0 Å². The highest BCUT2D eigenvalue weighted by molar-refractivity contribution is 5.38. The Bertz CT molecular complexity index is 315. The van der Waals surface area contributed by atoms with Gasteiger partial charge in [0.25, 0.3) is 0 Å². The van der Waals surface area contributed by atoms with Crippen LogP contribution in [0.5, 0.6) is 11.5 Å². The molecule has 0 amide bonds. The van der Waals surface area contributed by atoms with Crippen molar-refractivity contribution in [2.24, 2.45) is 5.73 Å². The number of benzene rings is 1. The third-order valence-electron chi connectivity index (χ3n) is 2.25. The topological polar surface area (TPSA) is 69.7 Å². The second-order valence-electron chi connectivity index (χ2n) is 3.69. The van der Waals surface area contributed by atoms with Gasteiger partial charge in [0, 0.05) is 18.2 Å². The SMILES string of the molecule is CN(CCCN)Cc1ccc(O)cc1O. The minimum atomic E-state index is 0.0841. The van der Waals surface area contributed by atoms with Crippen LogP contribution in [0.25, 0.3) is 0 Å². The Hall–Kier alpha value is -1.26. The summed E-state index contributed by atoms with van der Waals surface area (Å²) in [4.78, 5) is 2.08. The second-order valence-corrected chi connectivity index (χ2v) is 3.69. The van der Waals surface area contributed by atoms with Crippen molar-refractivity contribution in [3.63, 3.8) is 0 Å². The molecule has 4 heteroatoms. The van der Waals surface area contributed by atoms with E-state index in [4.69, 9.17) is 10.8 Å². The second kappa shape index (κ2) is 5.58. The van der Waals surface area contributed by atoms with Crippen LogP contribution in [0.15, 0.2) is 18.2 Å². The normalized spacial score (nSPS) is 10.9. The fourth-order valence-corrected chi connectivity index (χ4v) is 1.42. The minimum absolute atomic E-state index is 0.0841. The lowest BCUT2D eigenvalue weighted by Crippen LogP contribution is -2.21. The number of phenols is 2. The zero-order chi connectivity index (χ0) is 11.3. The molecule has 0 aliphatic carbocycles. The van der Waals surface area contributed by atoms with Gasteiger partial charge in [0.1, 0.15) is 11.5 Å². The van der Waals surface area contributed by atoms with Gasteiger partial charge in [-0.1, -0.05) is 6.07 Å². The summed E-state index contributed by atoms with van der Waals surface area (Å²) >= 11 is 0. The van der Waals surface area contributed by atoms with Gasteiger partial charge in [0.2, 0.25) is 0 Å². The Morgan fingerprint density at radius 2 is 2.07 bits per heavy atom. The van der Waals surface area contributed by atoms with Crippen LogP contribution in [0.1, 0.15) is 12.0 Å². The van der Waals surface area contributed by atoms with Crippen molar-refractivity contribution in [3.05, 3.63) is 23.8 Å². The Kier molecular flexibility index (Phi) is 4.39. The number of nitrogens with zero attached hydrogens (tertiary/aromatic N) is 1. The quantitative estimate of drug-likeness (QED) is 0.674. The maximum atomic E-state index is 9.55. The zero-order valence-corrected chi connectivity index (χ0v) is 8.98. The van der Waals surface area contributed by atoms with Crippen LogP contribution in [-0.2, 0) is 6.54 Å². The standard InChI is InChI=1S/C11H18N2O2/c1-13(6-2-5-12)8-9-3-4-10(14)7-11(9)15/h3-4,7,14-15H,2,5-6,8,12H2,1H3. The third kappa shape index (κ3) is 3.77. The van der Waals surface area contributed by atoms with Gasteiger partial charge in [-0.3, -0.25) is 0 Å². The third-order valence-corrected chi connectivity index (χ3v) is 2.25. The average Bonchev–Trinajstić information content (AvgIpc) is 2.19. The maximum absolute atomic E-state index is 9.55. The largest absolute Gasteiger partial charge is 0.508 e. The minimum Gasteiger partial charge on any atom is -0.508 e. The molecule has 1 aromatic carbocycles. The van der Waals surface area contributed by atoms with Gasteiger partial charge in [-0.2, -0.15) is 0 Å². The van der Waals surface area contributed by atoms with Crippen molar-refractivity contribution < 1.29 is 10.2 Å².